The normalized spacial score (nSPS) is 22.8. The summed E-state index contributed by atoms with van der Waals surface area (Å²) in [6, 6.07) is 0.575. The molecular formula is C10H17N3. The first-order chi connectivity index (χ1) is 6.09. The minimum absolute atomic E-state index is 0.317. The third-order valence-corrected chi connectivity index (χ3v) is 2.86. The van der Waals surface area contributed by atoms with Crippen LogP contribution in [0.15, 0.2) is 6.33 Å². The molecule has 0 aliphatic carbocycles. The van der Waals surface area contributed by atoms with Gasteiger partial charge in [0, 0.05) is 12.5 Å². The van der Waals surface area contributed by atoms with Crippen LogP contribution in [0.2, 0.25) is 0 Å². The van der Waals surface area contributed by atoms with Crippen molar-refractivity contribution in [3.05, 3.63) is 12.2 Å². The molecule has 1 atom stereocenters. The largest absolute Gasteiger partial charge is 0.314 e. The highest BCUT2D eigenvalue weighted by Crippen LogP contribution is 2.37. The van der Waals surface area contributed by atoms with Crippen molar-refractivity contribution in [1.29, 1.82) is 0 Å². The Labute approximate surface area is 79.2 Å². The molecule has 0 saturated carbocycles. The van der Waals surface area contributed by atoms with E-state index < -0.39 is 0 Å². The maximum absolute atomic E-state index is 4.13. The predicted octanol–water partition coefficient (Wildman–Crippen LogP) is 2.20. The van der Waals surface area contributed by atoms with Gasteiger partial charge in [-0.15, -0.1) is 10.2 Å². The van der Waals surface area contributed by atoms with Gasteiger partial charge in [0.15, 0.2) is 0 Å². The highest BCUT2D eigenvalue weighted by atomic mass is 15.3. The van der Waals surface area contributed by atoms with Gasteiger partial charge in [-0.2, -0.15) is 0 Å². The van der Waals surface area contributed by atoms with Gasteiger partial charge < -0.3 is 4.57 Å². The van der Waals surface area contributed by atoms with E-state index in [-0.39, 0.29) is 0 Å². The van der Waals surface area contributed by atoms with E-state index in [2.05, 4.69) is 35.5 Å². The van der Waals surface area contributed by atoms with E-state index in [0.717, 1.165) is 12.2 Å². The monoisotopic (exact) mass is 179 g/mol. The van der Waals surface area contributed by atoms with E-state index in [1.807, 2.05) is 6.33 Å². The molecule has 2 heterocycles. The third-order valence-electron chi connectivity index (χ3n) is 2.86. The maximum Gasteiger partial charge on any atom is 0.133 e. The Morgan fingerprint density at radius 3 is 2.92 bits per heavy atom. The fourth-order valence-electron chi connectivity index (χ4n) is 2.15. The maximum atomic E-state index is 4.13. The van der Waals surface area contributed by atoms with E-state index in [1.165, 1.54) is 12.8 Å². The Morgan fingerprint density at radius 2 is 2.23 bits per heavy atom. The number of hydrogen-bond acceptors (Lipinski definition) is 2. The Kier molecular flexibility index (Phi) is 1.90. The van der Waals surface area contributed by atoms with Gasteiger partial charge in [0.05, 0.1) is 0 Å². The first-order valence-electron chi connectivity index (χ1n) is 4.97. The molecule has 0 spiro atoms. The zero-order valence-electron chi connectivity index (χ0n) is 8.62. The van der Waals surface area contributed by atoms with Crippen LogP contribution in [0.1, 0.15) is 45.5 Å². The van der Waals surface area contributed by atoms with Crippen LogP contribution in [0.25, 0.3) is 0 Å². The van der Waals surface area contributed by atoms with Crippen LogP contribution in [0.5, 0.6) is 0 Å². The molecule has 1 aromatic heterocycles. The van der Waals surface area contributed by atoms with Gasteiger partial charge in [0.1, 0.15) is 12.2 Å². The average molecular weight is 179 g/mol. The quantitative estimate of drug-likeness (QED) is 0.611. The molecule has 0 aromatic carbocycles. The number of fused-ring (bicyclic) bond motifs is 1. The summed E-state index contributed by atoms with van der Waals surface area (Å²) < 4.78 is 2.25. The molecule has 0 fully saturated rings. The van der Waals surface area contributed by atoms with Crippen LogP contribution in [0, 0.1) is 5.41 Å². The van der Waals surface area contributed by atoms with Crippen LogP contribution >= 0.6 is 0 Å². The smallest absolute Gasteiger partial charge is 0.133 e. The minimum atomic E-state index is 0.317. The summed E-state index contributed by atoms with van der Waals surface area (Å²) in [5, 5.41) is 8.11. The van der Waals surface area contributed by atoms with E-state index >= 15 is 0 Å². The lowest BCUT2D eigenvalue weighted by molar-refractivity contribution is 0.204. The Hall–Kier alpha value is -0.860. The lowest BCUT2D eigenvalue weighted by Crippen LogP contribution is -2.28. The minimum Gasteiger partial charge on any atom is -0.314 e. The molecule has 0 N–H and O–H groups in total. The molecule has 0 bridgehead atoms. The van der Waals surface area contributed by atoms with Gasteiger partial charge in [0.2, 0.25) is 0 Å². The highest BCUT2D eigenvalue weighted by molar-refractivity contribution is 4.97. The molecule has 0 saturated heterocycles. The lowest BCUT2D eigenvalue weighted by Gasteiger charge is -2.35. The summed E-state index contributed by atoms with van der Waals surface area (Å²) in [6.07, 6.45) is 5.48. The number of aromatic nitrogens is 3. The summed E-state index contributed by atoms with van der Waals surface area (Å²) in [4.78, 5) is 0. The van der Waals surface area contributed by atoms with Crippen LogP contribution in [-0.2, 0) is 6.42 Å². The summed E-state index contributed by atoms with van der Waals surface area (Å²) in [6.45, 7) is 6.85. The molecule has 13 heavy (non-hydrogen) atoms. The second-order valence-electron chi connectivity index (χ2n) is 4.93. The van der Waals surface area contributed by atoms with Gasteiger partial charge in [-0.3, -0.25) is 0 Å². The second-order valence-corrected chi connectivity index (χ2v) is 4.93. The third kappa shape index (κ3) is 1.47. The fraction of sp³-hybridized carbons (Fsp3) is 0.800. The molecule has 1 aromatic rings. The molecule has 0 amide bonds. The van der Waals surface area contributed by atoms with E-state index in [9.17, 15) is 0 Å². The molecule has 3 heteroatoms. The van der Waals surface area contributed by atoms with E-state index in [0.29, 0.717) is 11.5 Å². The molecule has 72 valence electrons. The molecule has 0 radical (unpaired) electrons. The van der Waals surface area contributed by atoms with Crippen LogP contribution in [0.4, 0.5) is 0 Å². The number of rotatable bonds is 0. The zero-order valence-corrected chi connectivity index (χ0v) is 8.62. The predicted molar refractivity (Wildman–Crippen MR) is 51.5 cm³/mol. The topological polar surface area (TPSA) is 30.7 Å². The average Bonchev–Trinajstić information content (AvgIpc) is 2.48. The van der Waals surface area contributed by atoms with Crippen molar-refractivity contribution in [2.24, 2.45) is 5.41 Å². The van der Waals surface area contributed by atoms with Crippen molar-refractivity contribution in [2.45, 2.75) is 46.1 Å². The van der Waals surface area contributed by atoms with Crippen LogP contribution in [-0.4, -0.2) is 14.8 Å². The van der Waals surface area contributed by atoms with Crippen molar-refractivity contribution in [3.8, 4) is 0 Å². The van der Waals surface area contributed by atoms with Gasteiger partial charge in [-0.1, -0.05) is 20.8 Å². The van der Waals surface area contributed by atoms with Crippen LogP contribution in [0.3, 0.4) is 0 Å². The van der Waals surface area contributed by atoms with Crippen molar-refractivity contribution in [1.82, 2.24) is 14.8 Å². The standard InChI is InChI=1S/C10H17N3/c1-10(2,3)8-5-4-6-9-12-11-7-13(8)9/h7-8H,4-6H2,1-3H3. The van der Waals surface area contributed by atoms with Gasteiger partial charge in [0.25, 0.3) is 0 Å². The van der Waals surface area contributed by atoms with Crippen LogP contribution < -0.4 is 0 Å². The molecule has 2 rings (SSSR count). The van der Waals surface area contributed by atoms with Crippen molar-refractivity contribution in [3.63, 3.8) is 0 Å². The molecule has 1 unspecified atom stereocenters. The number of nitrogens with zero attached hydrogens (tertiary/aromatic N) is 3. The second kappa shape index (κ2) is 2.82. The first-order valence-corrected chi connectivity index (χ1v) is 4.97. The fourth-order valence-corrected chi connectivity index (χ4v) is 2.15. The Bertz CT molecular complexity index is 295. The molecule has 1 aliphatic heterocycles. The van der Waals surface area contributed by atoms with Crippen molar-refractivity contribution < 1.29 is 0 Å². The van der Waals surface area contributed by atoms with Crippen molar-refractivity contribution >= 4 is 0 Å². The summed E-state index contributed by atoms with van der Waals surface area (Å²) in [5.41, 5.74) is 0.317. The lowest BCUT2D eigenvalue weighted by atomic mass is 9.82. The molecular weight excluding hydrogens is 162 g/mol. The summed E-state index contributed by atoms with van der Waals surface area (Å²) >= 11 is 0. The van der Waals surface area contributed by atoms with Crippen molar-refractivity contribution in [2.75, 3.05) is 0 Å². The Morgan fingerprint density at radius 1 is 1.46 bits per heavy atom. The summed E-state index contributed by atoms with van der Waals surface area (Å²) in [7, 11) is 0. The van der Waals surface area contributed by atoms with Gasteiger partial charge in [-0.05, 0) is 18.3 Å². The number of hydrogen-bond donors (Lipinski definition) is 0. The first kappa shape index (κ1) is 8.73. The molecule has 3 nitrogen and oxygen atoms in total. The number of aryl methyl sites for hydroxylation is 1. The van der Waals surface area contributed by atoms with Gasteiger partial charge in [-0.25, -0.2) is 0 Å². The highest BCUT2D eigenvalue weighted by Gasteiger charge is 2.30. The zero-order chi connectivity index (χ0) is 9.47. The summed E-state index contributed by atoms with van der Waals surface area (Å²) in [5.74, 6) is 1.16. The van der Waals surface area contributed by atoms with E-state index in [4.69, 9.17) is 0 Å². The van der Waals surface area contributed by atoms with Gasteiger partial charge >= 0.3 is 0 Å². The molecule has 1 aliphatic rings. The SMILES string of the molecule is CC(C)(C)C1CCCc2nncn21. The Balaban J connectivity index is 2.35. The van der Waals surface area contributed by atoms with E-state index in [1.54, 1.807) is 0 Å².